The van der Waals surface area contributed by atoms with E-state index in [1.807, 2.05) is 20.9 Å². The molecule has 26 heavy (non-hydrogen) atoms. The van der Waals surface area contributed by atoms with Crippen LogP contribution in [0.2, 0.25) is 0 Å². The minimum atomic E-state index is -0.544. The second-order valence-electron chi connectivity index (χ2n) is 8.34. The summed E-state index contributed by atoms with van der Waals surface area (Å²) in [7, 11) is 1.88. The smallest absolute Gasteiger partial charge is 0.276 e. The Morgan fingerprint density at radius 2 is 2.08 bits per heavy atom. The van der Waals surface area contributed by atoms with E-state index in [1.54, 1.807) is 11.6 Å². The van der Waals surface area contributed by atoms with Crippen LogP contribution in [0.25, 0.3) is 11.6 Å². The van der Waals surface area contributed by atoms with Crippen molar-refractivity contribution in [3.05, 3.63) is 28.9 Å². The van der Waals surface area contributed by atoms with Gasteiger partial charge in [0, 0.05) is 29.0 Å². The Kier molecular flexibility index (Phi) is 3.45. The zero-order chi connectivity index (χ0) is 18.9. The topological polar surface area (TPSA) is 94.0 Å². The van der Waals surface area contributed by atoms with Crippen molar-refractivity contribution >= 4 is 5.78 Å². The molecule has 0 saturated heterocycles. The fourth-order valence-corrected chi connectivity index (χ4v) is 5.21. The Hall–Kier alpha value is -2.44. The van der Waals surface area contributed by atoms with Gasteiger partial charge < -0.3 is 9.63 Å². The Balaban J connectivity index is 1.91. The summed E-state index contributed by atoms with van der Waals surface area (Å²) in [6.07, 6.45) is 3.16. The summed E-state index contributed by atoms with van der Waals surface area (Å²) in [5.41, 5.74) is 2.54. The number of Topliss-reactive ketones (excluding diaryl/α,β-unsaturated/α-hetero) is 1. The molecular formula is C19H24N4O3. The number of nitrogens with zero attached hydrogens (tertiary/aromatic N) is 4. The van der Waals surface area contributed by atoms with E-state index < -0.39 is 5.41 Å². The van der Waals surface area contributed by atoms with Gasteiger partial charge in [0.1, 0.15) is 5.69 Å². The molecule has 2 aromatic heterocycles. The molecule has 2 aromatic rings. The van der Waals surface area contributed by atoms with Crippen molar-refractivity contribution < 1.29 is 14.4 Å². The molecule has 0 bridgehead atoms. The van der Waals surface area contributed by atoms with Gasteiger partial charge in [-0.05, 0) is 32.1 Å². The number of aryl methyl sites for hydroxylation is 2. The quantitative estimate of drug-likeness (QED) is 0.623. The maximum Gasteiger partial charge on any atom is 0.276 e. The summed E-state index contributed by atoms with van der Waals surface area (Å²) < 4.78 is 7.20. The number of carbonyl (C=O) groups is 1. The van der Waals surface area contributed by atoms with Crippen molar-refractivity contribution in [1.29, 1.82) is 0 Å². The largest absolute Gasteiger partial charge is 0.515 e. The van der Waals surface area contributed by atoms with Crippen molar-refractivity contribution in [2.75, 3.05) is 0 Å². The minimum absolute atomic E-state index is 0.0367. The average molecular weight is 356 g/mol. The Morgan fingerprint density at radius 1 is 1.35 bits per heavy atom. The van der Waals surface area contributed by atoms with E-state index in [1.165, 1.54) is 0 Å². The average Bonchev–Trinajstić information content (AvgIpc) is 3.14. The SMILES string of the molecule is Cc1noc(-c2c3c(nn2C)[C@@]2(C)C/C(=C/O)C(=O)C(C)(C)[C@@H]2CC3)n1. The van der Waals surface area contributed by atoms with Crippen LogP contribution in [0.5, 0.6) is 0 Å². The van der Waals surface area contributed by atoms with Gasteiger partial charge in [-0.15, -0.1) is 0 Å². The highest BCUT2D eigenvalue weighted by Crippen LogP contribution is 2.57. The zero-order valence-corrected chi connectivity index (χ0v) is 15.8. The number of ketones is 1. The number of carbonyl (C=O) groups excluding carboxylic acids is 1. The van der Waals surface area contributed by atoms with Crippen LogP contribution in [0.4, 0.5) is 0 Å². The molecule has 7 nitrogen and oxygen atoms in total. The van der Waals surface area contributed by atoms with E-state index >= 15 is 0 Å². The second kappa shape index (κ2) is 5.28. The number of hydrogen-bond donors (Lipinski definition) is 1. The molecule has 0 unspecified atom stereocenters. The number of allylic oxidation sites excluding steroid dienone is 1. The number of aromatic nitrogens is 4. The van der Waals surface area contributed by atoms with Gasteiger partial charge in [0.05, 0.1) is 12.0 Å². The lowest BCUT2D eigenvalue weighted by atomic mass is 9.50. The number of hydrogen-bond acceptors (Lipinski definition) is 6. The van der Waals surface area contributed by atoms with Gasteiger partial charge in [-0.1, -0.05) is 25.9 Å². The maximum atomic E-state index is 12.8. The first-order valence-electron chi connectivity index (χ1n) is 8.95. The van der Waals surface area contributed by atoms with Crippen molar-refractivity contribution in [1.82, 2.24) is 19.9 Å². The van der Waals surface area contributed by atoms with Gasteiger partial charge in [0.2, 0.25) is 0 Å². The standard InChI is InChI=1S/C19H24N4O3/c1-10-20-17(26-22-10)14-12-6-7-13-18(2,3)16(25)11(9-24)8-19(13,4)15(12)21-23(14)5/h9,13,24H,6-8H2,1-5H3/b11-9-/t13-,19-/m0/s1. The van der Waals surface area contributed by atoms with Gasteiger partial charge in [-0.25, -0.2) is 0 Å². The molecular weight excluding hydrogens is 332 g/mol. The summed E-state index contributed by atoms with van der Waals surface area (Å²) in [6.45, 7) is 7.91. The predicted octanol–water partition coefficient (Wildman–Crippen LogP) is 3.04. The normalized spacial score (nSPS) is 28.9. The highest BCUT2D eigenvalue weighted by Gasteiger charge is 2.57. The van der Waals surface area contributed by atoms with Crippen LogP contribution in [0.15, 0.2) is 16.4 Å². The molecule has 0 aromatic carbocycles. The number of aliphatic hydroxyl groups excluding tert-OH is 1. The monoisotopic (exact) mass is 356 g/mol. The fraction of sp³-hybridized carbons (Fsp3) is 0.579. The van der Waals surface area contributed by atoms with Gasteiger partial charge in [0.25, 0.3) is 5.89 Å². The van der Waals surface area contributed by atoms with E-state index in [0.29, 0.717) is 23.7 Å². The molecule has 1 N–H and O–H groups in total. The lowest BCUT2D eigenvalue weighted by molar-refractivity contribution is -0.131. The fourth-order valence-electron chi connectivity index (χ4n) is 5.21. The maximum absolute atomic E-state index is 12.8. The van der Waals surface area contributed by atoms with E-state index in [9.17, 15) is 9.90 Å². The molecule has 0 amide bonds. The minimum Gasteiger partial charge on any atom is -0.515 e. The molecule has 4 rings (SSSR count). The summed E-state index contributed by atoms with van der Waals surface area (Å²) in [5, 5.41) is 18.4. The lowest BCUT2D eigenvalue weighted by Gasteiger charge is -2.52. The van der Waals surface area contributed by atoms with E-state index in [2.05, 4.69) is 17.1 Å². The summed E-state index contributed by atoms with van der Waals surface area (Å²) in [4.78, 5) is 17.2. The van der Waals surface area contributed by atoms with Crippen LogP contribution in [-0.4, -0.2) is 30.8 Å². The molecule has 0 aliphatic heterocycles. The molecule has 2 heterocycles. The molecule has 1 saturated carbocycles. The third-order valence-electron chi connectivity index (χ3n) is 6.33. The highest BCUT2D eigenvalue weighted by molar-refractivity contribution is 6.01. The van der Waals surface area contributed by atoms with Crippen LogP contribution in [0.3, 0.4) is 0 Å². The molecule has 2 aliphatic carbocycles. The first-order chi connectivity index (χ1) is 12.2. The van der Waals surface area contributed by atoms with Crippen LogP contribution in [0.1, 0.15) is 50.7 Å². The van der Waals surface area contributed by atoms with Crippen molar-refractivity contribution in [3.63, 3.8) is 0 Å². The Bertz CT molecular complexity index is 937. The van der Waals surface area contributed by atoms with Crippen molar-refractivity contribution in [2.24, 2.45) is 18.4 Å². The Labute approximate surface area is 152 Å². The van der Waals surface area contributed by atoms with Gasteiger partial charge in [0.15, 0.2) is 11.6 Å². The number of fused-ring (bicyclic) bond motifs is 3. The number of rotatable bonds is 1. The molecule has 0 spiro atoms. The molecule has 2 aliphatic rings. The Morgan fingerprint density at radius 3 is 2.69 bits per heavy atom. The second-order valence-corrected chi connectivity index (χ2v) is 8.34. The zero-order valence-electron chi connectivity index (χ0n) is 15.8. The predicted molar refractivity (Wildman–Crippen MR) is 94.5 cm³/mol. The first kappa shape index (κ1) is 17.0. The lowest BCUT2D eigenvalue weighted by Crippen LogP contribution is -2.53. The molecule has 1 fully saturated rings. The van der Waals surface area contributed by atoms with Gasteiger partial charge in [-0.3, -0.25) is 9.48 Å². The first-order valence-corrected chi connectivity index (χ1v) is 8.95. The van der Waals surface area contributed by atoms with Gasteiger partial charge >= 0.3 is 0 Å². The van der Waals surface area contributed by atoms with Gasteiger partial charge in [-0.2, -0.15) is 10.1 Å². The third kappa shape index (κ3) is 2.06. The van der Waals surface area contributed by atoms with E-state index in [0.717, 1.165) is 36.1 Å². The van der Waals surface area contributed by atoms with Crippen LogP contribution < -0.4 is 0 Å². The van der Waals surface area contributed by atoms with Crippen LogP contribution >= 0.6 is 0 Å². The summed E-state index contributed by atoms with van der Waals surface area (Å²) >= 11 is 0. The third-order valence-corrected chi connectivity index (χ3v) is 6.33. The van der Waals surface area contributed by atoms with Crippen molar-refractivity contribution in [2.45, 2.75) is 52.4 Å². The molecule has 2 atom stereocenters. The van der Waals surface area contributed by atoms with E-state index in [-0.39, 0.29) is 17.1 Å². The molecule has 138 valence electrons. The molecule has 0 radical (unpaired) electrons. The van der Waals surface area contributed by atoms with Crippen LogP contribution in [0, 0.1) is 18.3 Å². The van der Waals surface area contributed by atoms with E-state index in [4.69, 9.17) is 9.62 Å². The summed E-state index contributed by atoms with van der Waals surface area (Å²) in [5.74, 6) is 1.26. The van der Waals surface area contributed by atoms with Crippen molar-refractivity contribution in [3.8, 4) is 11.6 Å². The van der Waals surface area contributed by atoms with Crippen LogP contribution in [-0.2, 0) is 23.7 Å². The number of aliphatic hydroxyl groups is 1. The summed E-state index contributed by atoms with van der Waals surface area (Å²) in [6, 6.07) is 0. The molecule has 7 heteroatoms. The highest BCUT2D eigenvalue weighted by atomic mass is 16.5.